The third-order valence-corrected chi connectivity index (χ3v) is 5.25. The lowest BCUT2D eigenvalue weighted by atomic mass is 10.0. The van der Waals surface area contributed by atoms with Crippen molar-refractivity contribution in [3.63, 3.8) is 0 Å². The fourth-order valence-electron chi connectivity index (χ4n) is 3.85. The van der Waals surface area contributed by atoms with Crippen molar-refractivity contribution in [2.45, 2.75) is 26.0 Å². The molecule has 1 aromatic carbocycles. The summed E-state index contributed by atoms with van der Waals surface area (Å²) in [5.41, 5.74) is 5.78. The number of benzene rings is 1. The van der Waals surface area contributed by atoms with E-state index in [1.54, 1.807) is 7.11 Å². The van der Waals surface area contributed by atoms with E-state index in [9.17, 15) is 0 Å². The van der Waals surface area contributed by atoms with E-state index in [4.69, 9.17) is 14.5 Å². The van der Waals surface area contributed by atoms with Crippen molar-refractivity contribution in [2.24, 2.45) is 7.05 Å². The highest BCUT2D eigenvalue weighted by atomic mass is 16.5. The highest BCUT2D eigenvalue weighted by molar-refractivity contribution is 5.33. The molecule has 0 aliphatic carbocycles. The Morgan fingerprint density at radius 1 is 1.14 bits per heavy atom. The fraction of sp³-hybridized carbons (Fsp3) is 0.391. The second-order valence-corrected chi connectivity index (χ2v) is 7.68. The van der Waals surface area contributed by atoms with Crippen LogP contribution in [-0.2, 0) is 24.8 Å². The maximum atomic E-state index is 6.09. The van der Waals surface area contributed by atoms with Gasteiger partial charge in [0.05, 0.1) is 25.6 Å². The van der Waals surface area contributed by atoms with E-state index in [1.807, 2.05) is 30.1 Å². The van der Waals surface area contributed by atoms with Gasteiger partial charge in [-0.2, -0.15) is 5.10 Å². The van der Waals surface area contributed by atoms with Crippen molar-refractivity contribution in [2.75, 3.05) is 26.8 Å². The van der Waals surface area contributed by atoms with E-state index in [-0.39, 0.29) is 6.10 Å². The molecule has 1 unspecified atom stereocenters. The standard InChI is InChI=1S/C23H28N4O2/c1-17-10-19(11-18-4-6-21(28-3)7-5-18)12-22(25-17)23-16-27(8-9-29-23)15-20-13-24-26(2)14-20/h4-7,10,12-14,23H,8-9,11,15-16H2,1-3H3. The molecule has 3 heterocycles. The Balaban J connectivity index is 1.47. The zero-order valence-corrected chi connectivity index (χ0v) is 17.3. The predicted molar refractivity (Wildman–Crippen MR) is 112 cm³/mol. The van der Waals surface area contributed by atoms with Gasteiger partial charge in [0, 0.05) is 44.1 Å². The van der Waals surface area contributed by atoms with E-state index in [1.165, 1.54) is 16.7 Å². The Kier molecular flexibility index (Phi) is 5.92. The van der Waals surface area contributed by atoms with Crippen LogP contribution in [0.4, 0.5) is 0 Å². The number of nitrogens with zero attached hydrogens (tertiary/aromatic N) is 4. The first-order valence-electron chi connectivity index (χ1n) is 10.0. The van der Waals surface area contributed by atoms with Gasteiger partial charge in [0.2, 0.25) is 0 Å². The van der Waals surface area contributed by atoms with Gasteiger partial charge in [-0.15, -0.1) is 0 Å². The van der Waals surface area contributed by atoms with Gasteiger partial charge < -0.3 is 9.47 Å². The van der Waals surface area contributed by atoms with Crippen molar-refractivity contribution in [1.82, 2.24) is 19.7 Å². The summed E-state index contributed by atoms with van der Waals surface area (Å²) in [5.74, 6) is 0.879. The van der Waals surface area contributed by atoms with Crippen LogP contribution in [-0.4, -0.2) is 46.5 Å². The summed E-state index contributed by atoms with van der Waals surface area (Å²) in [6.45, 7) is 5.42. The zero-order valence-electron chi connectivity index (χ0n) is 17.3. The van der Waals surface area contributed by atoms with Crippen LogP contribution in [0.3, 0.4) is 0 Å². The highest BCUT2D eigenvalue weighted by Crippen LogP contribution is 2.24. The molecule has 1 saturated heterocycles. The molecule has 6 heteroatoms. The minimum Gasteiger partial charge on any atom is -0.497 e. The lowest BCUT2D eigenvalue weighted by Crippen LogP contribution is -2.38. The minimum atomic E-state index is -0.00469. The van der Waals surface area contributed by atoms with Crippen molar-refractivity contribution in [3.05, 3.63) is 76.9 Å². The molecule has 0 bridgehead atoms. The molecule has 152 valence electrons. The molecular weight excluding hydrogens is 364 g/mol. The summed E-state index contributed by atoms with van der Waals surface area (Å²) in [6, 6.07) is 12.6. The maximum Gasteiger partial charge on any atom is 0.118 e. The van der Waals surface area contributed by atoms with Gasteiger partial charge in [-0.3, -0.25) is 14.6 Å². The van der Waals surface area contributed by atoms with Gasteiger partial charge in [-0.05, 0) is 48.7 Å². The molecule has 4 rings (SSSR count). The van der Waals surface area contributed by atoms with Gasteiger partial charge in [-0.25, -0.2) is 0 Å². The predicted octanol–water partition coefficient (Wildman–Crippen LogP) is 3.30. The molecule has 0 N–H and O–H groups in total. The molecule has 0 spiro atoms. The number of aryl methyl sites for hydroxylation is 2. The largest absolute Gasteiger partial charge is 0.497 e. The summed E-state index contributed by atoms with van der Waals surface area (Å²) in [5, 5.41) is 4.27. The average Bonchev–Trinajstić information content (AvgIpc) is 3.13. The molecular formula is C23H28N4O2. The van der Waals surface area contributed by atoms with Gasteiger partial charge in [0.15, 0.2) is 0 Å². The van der Waals surface area contributed by atoms with Gasteiger partial charge in [-0.1, -0.05) is 12.1 Å². The van der Waals surface area contributed by atoms with Crippen molar-refractivity contribution in [1.29, 1.82) is 0 Å². The van der Waals surface area contributed by atoms with Crippen LogP contribution in [0.1, 0.15) is 34.2 Å². The van der Waals surface area contributed by atoms with Crippen LogP contribution in [0.5, 0.6) is 5.75 Å². The van der Waals surface area contributed by atoms with Gasteiger partial charge in [0.1, 0.15) is 11.9 Å². The number of methoxy groups -OCH3 is 1. The first kappa shape index (κ1) is 19.6. The molecule has 3 aromatic rings. The molecule has 0 saturated carbocycles. The molecule has 0 radical (unpaired) electrons. The molecule has 29 heavy (non-hydrogen) atoms. The molecule has 1 aliphatic heterocycles. The summed E-state index contributed by atoms with van der Waals surface area (Å²) >= 11 is 0. The van der Waals surface area contributed by atoms with E-state index >= 15 is 0 Å². The monoisotopic (exact) mass is 392 g/mol. The van der Waals surface area contributed by atoms with Crippen LogP contribution in [0.15, 0.2) is 48.8 Å². The first-order valence-corrected chi connectivity index (χ1v) is 10.0. The lowest BCUT2D eigenvalue weighted by molar-refractivity contribution is -0.0350. The molecule has 0 amide bonds. The number of morpholine rings is 1. The van der Waals surface area contributed by atoms with E-state index in [2.05, 4.69) is 47.4 Å². The van der Waals surface area contributed by atoms with Crippen molar-refractivity contribution in [3.8, 4) is 5.75 Å². The van der Waals surface area contributed by atoms with Crippen molar-refractivity contribution < 1.29 is 9.47 Å². The Morgan fingerprint density at radius 2 is 1.97 bits per heavy atom. The highest BCUT2D eigenvalue weighted by Gasteiger charge is 2.24. The quantitative estimate of drug-likeness (QED) is 0.644. The topological polar surface area (TPSA) is 52.4 Å². The van der Waals surface area contributed by atoms with Gasteiger partial charge >= 0.3 is 0 Å². The second-order valence-electron chi connectivity index (χ2n) is 7.68. The normalized spacial score (nSPS) is 17.4. The number of hydrogen-bond acceptors (Lipinski definition) is 5. The van der Waals surface area contributed by atoms with Crippen LogP contribution in [0.2, 0.25) is 0 Å². The minimum absolute atomic E-state index is 0.00469. The van der Waals surface area contributed by atoms with E-state index < -0.39 is 0 Å². The van der Waals surface area contributed by atoms with Crippen LogP contribution < -0.4 is 4.74 Å². The Labute approximate surface area is 172 Å². The number of hydrogen-bond donors (Lipinski definition) is 0. The third-order valence-electron chi connectivity index (χ3n) is 5.25. The Bertz CT molecular complexity index is 952. The summed E-state index contributed by atoms with van der Waals surface area (Å²) in [6.07, 6.45) is 4.87. The van der Waals surface area contributed by atoms with Crippen LogP contribution in [0, 0.1) is 6.92 Å². The smallest absolute Gasteiger partial charge is 0.118 e. The molecule has 1 fully saturated rings. The maximum absolute atomic E-state index is 6.09. The fourth-order valence-corrected chi connectivity index (χ4v) is 3.85. The summed E-state index contributed by atoms with van der Waals surface area (Å²) < 4.78 is 13.2. The number of rotatable bonds is 6. The SMILES string of the molecule is COc1ccc(Cc2cc(C)nc(C3CN(Cc4cnn(C)c4)CCO3)c2)cc1. The average molecular weight is 393 g/mol. The lowest BCUT2D eigenvalue weighted by Gasteiger charge is -2.32. The van der Waals surface area contributed by atoms with Crippen LogP contribution in [0.25, 0.3) is 0 Å². The summed E-state index contributed by atoms with van der Waals surface area (Å²) in [7, 11) is 3.64. The molecule has 1 aliphatic rings. The molecule has 2 aromatic heterocycles. The second kappa shape index (κ2) is 8.76. The number of aromatic nitrogens is 3. The molecule has 6 nitrogen and oxygen atoms in total. The number of ether oxygens (including phenoxy) is 2. The van der Waals surface area contributed by atoms with Crippen LogP contribution >= 0.6 is 0 Å². The van der Waals surface area contributed by atoms with E-state index in [0.717, 1.165) is 43.2 Å². The third kappa shape index (κ3) is 5.02. The van der Waals surface area contributed by atoms with Gasteiger partial charge in [0.25, 0.3) is 0 Å². The zero-order chi connectivity index (χ0) is 20.2. The first-order chi connectivity index (χ1) is 14.1. The van der Waals surface area contributed by atoms with Crippen molar-refractivity contribution >= 4 is 0 Å². The Morgan fingerprint density at radius 3 is 2.69 bits per heavy atom. The summed E-state index contributed by atoms with van der Waals surface area (Å²) in [4.78, 5) is 7.20. The Hall–Kier alpha value is -2.70. The molecule has 1 atom stereocenters. The number of pyridine rings is 1. The van der Waals surface area contributed by atoms with E-state index in [0.29, 0.717) is 6.61 Å².